The van der Waals surface area contributed by atoms with Gasteiger partial charge < -0.3 is 0 Å². The van der Waals surface area contributed by atoms with Gasteiger partial charge in [0.2, 0.25) is 10.0 Å². The number of carbonyl (C=O) groups excluding carboxylic acids is 1. The summed E-state index contributed by atoms with van der Waals surface area (Å²) in [5.41, 5.74) is 0.355. The molecular formula is C11H11Cl2NO3S. The molecule has 0 aromatic heterocycles. The fourth-order valence-electron chi connectivity index (χ4n) is 1.18. The molecule has 0 aliphatic heterocycles. The van der Waals surface area contributed by atoms with Crippen LogP contribution in [0.5, 0.6) is 0 Å². The minimum atomic E-state index is -3.69. The standard InChI is InChI=1S/C11H11Cl2NO3S/c12-11(13)6-7-14-18(16,17)8-10(15)9-4-2-1-3-5-9/h1-6,14H,7-8H2. The molecule has 0 atom stereocenters. The second-order valence-corrected chi connectivity index (χ2v) is 6.21. The minimum absolute atomic E-state index is 0.0351. The monoisotopic (exact) mass is 307 g/mol. The minimum Gasteiger partial charge on any atom is -0.293 e. The first-order valence-corrected chi connectivity index (χ1v) is 7.38. The number of rotatable bonds is 6. The molecule has 1 N–H and O–H groups in total. The van der Waals surface area contributed by atoms with E-state index >= 15 is 0 Å². The number of nitrogens with one attached hydrogen (secondary N) is 1. The van der Waals surface area contributed by atoms with Gasteiger partial charge in [-0.1, -0.05) is 53.5 Å². The fraction of sp³-hybridized carbons (Fsp3) is 0.182. The van der Waals surface area contributed by atoms with Crippen LogP contribution >= 0.6 is 23.2 Å². The molecule has 0 aliphatic carbocycles. The Labute approximate surface area is 116 Å². The molecular weight excluding hydrogens is 297 g/mol. The predicted molar refractivity (Wildman–Crippen MR) is 72.4 cm³/mol. The second kappa shape index (κ2) is 6.89. The van der Waals surface area contributed by atoms with E-state index in [1.54, 1.807) is 30.3 Å². The first kappa shape index (κ1) is 15.2. The van der Waals surface area contributed by atoms with Crippen molar-refractivity contribution in [1.82, 2.24) is 4.72 Å². The first-order chi connectivity index (χ1) is 8.41. The molecule has 0 radical (unpaired) electrons. The number of Topliss-reactive ketones (excluding diaryl/α,β-unsaturated/α-hetero) is 1. The molecule has 0 saturated carbocycles. The van der Waals surface area contributed by atoms with Gasteiger partial charge in [0.15, 0.2) is 5.78 Å². The zero-order valence-electron chi connectivity index (χ0n) is 9.27. The third kappa shape index (κ3) is 5.64. The Bertz CT molecular complexity index is 537. The van der Waals surface area contributed by atoms with Crippen LogP contribution < -0.4 is 4.72 Å². The molecule has 1 rings (SSSR count). The summed E-state index contributed by atoms with van der Waals surface area (Å²) in [7, 11) is -3.69. The van der Waals surface area contributed by atoms with Crippen LogP contribution in [0.15, 0.2) is 40.9 Å². The van der Waals surface area contributed by atoms with E-state index in [4.69, 9.17) is 23.2 Å². The zero-order chi connectivity index (χ0) is 13.6. The van der Waals surface area contributed by atoms with Gasteiger partial charge in [-0.15, -0.1) is 0 Å². The summed E-state index contributed by atoms with van der Waals surface area (Å²) in [4.78, 5) is 11.7. The molecule has 18 heavy (non-hydrogen) atoms. The van der Waals surface area contributed by atoms with E-state index in [2.05, 4.69) is 4.72 Å². The summed E-state index contributed by atoms with van der Waals surface area (Å²) in [5, 5.41) is 0. The molecule has 7 heteroatoms. The molecule has 1 aromatic rings. The highest BCUT2D eigenvalue weighted by atomic mass is 35.5. The lowest BCUT2D eigenvalue weighted by Crippen LogP contribution is -2.30. The molecule has 0 unspecified atom stereocenters. The lowest BCUT2D eigenvalue weighted by molar-refractivity contribution is 0.102. The summed E-state index contributed by atoms with van der Waals surface area (Å²) in [6.45, 7) is -0.0489. The van der Waals surface area contributed by atoms with Gasteiger partial charge >= 0.3 is 0 Å². The molecule has 0 saturated heterocycles. The van der Waals surface area contributed by atoms with Crippen LogP contribution in [-0.4, -0.2) is 26.5 Å². The van der Waals surface area contributed by atoms with Crippen molar-refractivity contribution in [3.63, 3.8) is 0 Å². The Kier molecular flexibility index (Phi) is 5.81. The molecule has 1 aromatic carbocycles. The predicted octanol–water partition coefficient (Wildman–Crippen LogP) is 2.11. The van der Waals surface area contributed by atoms with Gasteiger partial charge in [-0.2, -0.15) is 0 Å². The van der Waals surface area contributed by atoms with Gasteiger partial charge in [-0.3, -0.25) is 4.79 Å². The number of ketones is 1. The van der Waals surface area contributed by atoms with Crippen LogP contribution in [0.4, 0.5) is 0 Å². The second-order valence-electron chi connectivity index (χ2n) is 3.39. The lowest BCUT2D eigenvalue weighted by Gasteiger charge is -2.04. The average Bonchev–Trinajstić information content (AvgIpc) is 2.28. The quantitative estimate of drug-likeness (QED) is 0.819. The van der Waals surface area contributed by atoms with E-state index in [-0.39, 0.29) is 11.0 Å². The molecule has 0 aliphatic rings. The van der Waals surface area contributed by atoms with E-state index in [0.717, 1.165) is 0 Å². The van der Waals surface area contributed by atoms with Crippen molar-refractivity contribution in [1.29, 1.82) is 0 Å². The Morgan fingerprint density at radius 1 is 1.22 bits per heavy atom. The maximum absolute atomic E-state index is 11.7. The van der Waals surface area contributed by atoms with Crippen molar-refractivity contribution >= 4 is 39.0 Å². The van der Waals surface area contributed by atoms with Gasteiger partial charge in [0.05, 0.1) is 0 Å². The third-order valence-electron chi connectivity index (χ3n) is 1.98. The molecule has 0 amide bonds. The largest absolute Gasteiger partial charge is 0.293 e. The van der Waals surface area contributed by atoms with Crippen molar-refractivity contribution in [3.05, 3.63) is 46.5 Å². The molecule has 4 nitrogen and oxygen atoms in total. The van der Waals surface area contributed by atoms with Crippen LogP contribution in [-0.2, 0) is 10.0 Å². The van der Waals surface area contributed by atoms with Gasteiger partial charge in [0.25, 0.3) is 0 Å². The number of carbonyl (C=O) groups is 1. The van der Waals surface area contributed by atoms with Crippen LogP contribution in [0.1, 0.15) is 10.4 Å². The van der Waals surface area contributed by atoms with E-state index in [9.17, 15) is 13.2 Å². The van der Waals surface area contributed by atoms with Crippen molar-refractivity contribution in [2.75, 3.05) is 12.3 Å². The third-order valence-corrected chi connectivity index (χ3v) is 3.53. The van der Waals surface area contributed by atoms with Crippen LogP contribution in [0.25, 0.3) is 0 Å². The highest BCUT2D eigenvalue weighted by molar-refractivity contribution is 7.90. The summed E-state index contributed by atoms with van der Waals surface area (Å²) >= 11 is 10.7. The Balaban J connectivity index is 2.61. The van der Waals surface area contributed by atoms with Gasteiger partial charge in [0.1, 0.15) is 10.2 Å². The van der Waals surface area contributed by atoms with Crippen molar-refractivity contribution < 1.29 is 13.2 Å². The highest BCUT2D eigenvalue weighted by Crippen LogP contribution is 2.05. The highest BCUT2D eigenvalue weighted by Gasteiger charge is 2.16. The smallest absolute Gasteiger partial charge is 0.219 e. The summed E-state index contributed by atoms with van der Waals surface area (Å²) in [6, 6.07) is 8.21. The average molecular weight is 308 g/mol. The van der Waals surface area contributed by atoms with Crippen molar-refractivity contribution in [2.24, 2.45) is 0 Å². The number of hydrogen-bond donors (Lipinski definition) is 1. The topological polar surface area (TPSA) is 63.2 Å². The number of sulfonamides is 1. The van der Waals surface area contributed by atoms with E-state index in [1.165, 1.54) is 6.08 Å². The van der Waals surface area contributed by atoms with Crippen LogP contribution in [0.2, 0.25) is 0 Å². The van der Waals surface area contributed by atoms with Gasteiger partial charge in [-0.05, 0) is 6.08 Å². The van der Waals surface area contributed by atoms with Crippen molar-refractivity contribution in [3.8, 4) is 0 Å². The van der Waals surface area contributed by atoms with E-state index in [0.29, 0.717) is 5.56 Å². The maximum atomic E-state index is 11.7. The first-order valence-electron chi connectivity index (χ1n) is 4.97. The maximum Gasteiger partial charge on any atom is 0.219 e. The number of halogens is 2. The van der Waals surface area contributed by atoms with E-state index in [1.807, 2.05) is 0 Å². The van der Waals surface area contributed by atoms with Gasteiger partial charge in [-0.25, -0.2) is 13.1 Å². The fourth-order valence-corrected chi connectivity index (χ4v) is 2.28. The summed E-state index contributed by atoms with van der Waals surface area (Å²) in [6.07, 6.45) is 1.29. The number of benzene rings is 1. The van der Waals surface area contributed by atoms with E-state index < -0.39 is 21.6 Å². The SMILES string of the molecule is O=C(CS(=O)(=O)NCC=C(Cl)Cl)c1ccccc1. The summed E-state index contributed by atoms with van der Waals surface area (Å²) in [5.74, 6) is -1.07. The molecule has 0 fully saturated rings. The van der Waals surface area contributed by atoms with Crippen molar-refractivity contribution in [2.45, 2.75) is 0 Å². The lowest BCUT2D eigenvalue weighted by atomic mass is 10.2. The van der Waals surface area contributed by atoms with Crippen LogP contribution in [0.3, 0.4) is 0 Å². The Hall–Kier alpha value is -0.880. The number of hydrogen-bond acceptors (Lipinski definition) is 3. The zero-order valence-corrected chi connectivity index (χ0v) is 11.6. The Morgan fingerprint density at radius 3 is 2.39 bits per heavy atom. The molecule has 0 bridgehead atoms. The van der Waals surface area contributed by atoms with Gasteiger partial charge in [0, 0.05) is 12.1 Å². The Morgan fingerprint density at radius 2 is 1.83 bits per heavy atom. The molecule has 98 valence electrons. The van der Waals surface area contributed by atoms with Crippen LogP contribution in [0, 0.1) is 0 Å². The summed E-state index contributed by atoms with van der Waals surface area (Å²) < 4.78 is 25.3. The normalized spacial score (nSPS) is 11.0. The molecule has 0 spiro atoms. The molecule has 0 heterocycles.